The third kappa shape index (κ3) is 2.98. The monoisotopic (exact) mass is 440 g/mol. The summed E-state index contributed by atoms with van der Waals surface area (Å²) >= 11 is 8.07. The molecular weight excluding hydrogens is 419 g/mol. The van der Waals surface area contributed by atoms with Crippen LogP contribution in [0.3, 0.4) is 0 Å². The Morgan fingerprint density at radius 1 is 1.30 bits per heavy atom. The summed E-state index contributed by atoms with van der Waals surface area (Å²) < 4.78 is 1.29. The minimum Gasteiger partial charge on any atom is -0.362 e. The highest BCUT2D eigenvalue weighted by molar-refractivity contribution is 14.1. The first kappa shape index (κ1) is 16.7. The maximum atomic E-state index is 5.63. The van der Waals surface area contributed by atoms with Crippen LogP contribution in [0.2, 0.25) is 0 Å². The van der Waals surface area contributed by atoms with Crippen LogP contribution in [0, 0.1) is 17.4 Å². The quantitative estimate of drug-likeness (QED) is 0.557. The topological polar surface area (TPSA) is 44.0 Å². The zero-order valence-electron chi connectivity index (χ0n) is 13.6. The molecule has 0 saturated carbocycles. The van der Waals surface area contributed by atoms with Gasteiger partial charge in [-0.1, -0.05) is 13.0 Å². The van der Waals surface area contributed by atoms with Crippen LogP contribution in [0.25, 0.3) is 0 Å². The number of hydrogen-bond donors (Lipinski definition) is 2. The lowest BCUT2D eigenvalue weighted by Crippen LogP contribution is -2.30. The maximum Gasteiger partial charge on any atom is 0.170 e. The number of thiocarbonyl (C=S) groups is 1. The van der Waals surface area contributed by atoms with E-state index in [0.717, 1.165) is 23.8 Å². The van der Waals surface area contributed by atoms with E-state index >= 15 is 0 Å². The molecule has 0 bridgehead atoms. The maximum absolute atomic E-state index is 5.63. The molecule has 0 aromatic carbocycles. The van der Waals surface area contributed by atoms with E-state index in [1.807, 2.05) is 18.3 Å². The molecule has 2 N–H and O–H groups in total. The molecule has 0 radical (unpaired) electrons. The van der Waals surface area contributed by atoms with Crippen molar-refractivity contribution in [3.05, 3.63) is 50.6 Å². The highest BCUT2D eigenvalue weighted by Gasteiger charge is 2.41. The number of hydrogen-bond acceptors (Lipinski definition) is 2. The fraction of sp³-hybridized carbons (Fsp3) is 0.412. The van der Waals surface area contributed by atoms with Crippen molar-refractivity contribution < 1.29 is 0 Å². The molecule has 0 aliphatic carbocycles. The van der Waals surface area contributed by atoms with E-state index in [0.29, 0.717) is 0 Å². The normalized spacial score (nSPS) is 20.9. The summed E-state index contributed by atoms with van der Waals surface area (Å²) in [6, 6.07) is 6.31. The minimum atomic E-state index is 0.0812. The van der Waals surface area contributed by atoms with Crippen molar-refractivity contribution in [3.63, 3.8) is 0 Å². The van der Waals surface area contributed by atoms with E-state index in [4.69, 9.17) is 12.2 Å². The van der Waals surface area contributed by atoms with Gasteiger partial charge in [0, 0.05) is 33.3 Å². The second-order valence-corrected chi connectivity index (χ2v) is 7.39. The van der Waals surface area contributed by atoms with Gasteiger partial charge in [-0.2, -0.15) is 0 Å². The zero-order valence-corrected chi connectivity index (χ0v) is 16.5. The Bertz CT molecular complexity index is 713. The number of pyridine rings is 1. The van der Waals surface area contributed by atoms with Gasteiger partial charge in [0.25, 0.3) is 0 Å². The molecule has 0 spiro atoms. The predicted octanol–water partition coefficient (Wildman–Crippen LogP) is 4.01. The Labute approximate surface area is 156 Å². The predicted molar refractivity (Wildman–Crippen MR) is 105 cm³/mol. The van der Waals surface area contributed by atoms with Crippen molar-refractivity contribution in [1.82, 2.24) is 20.2 Å². The Kier molecular flexibility index (Phi) is 4.91. The number of aryl methyl sites for hydroxylation is 2. The van der Waals surface area contributed by atoms with E-state index in [1.54, 1.807) is 0 Å². The van der Waals surface area contributed by atoms with Crippen molar-refractivity contribution in [2.75, 3.05) is 6.54 Å². The summed E-state index contributed by atoms with van der Waals surface area (Å²) in [6.07, 6.45) is 2.91. The molecule has 0 amide bonds. The molecule has 2 atom stereocenters. The van der Waals surface area contributed by atoms with E-state index in [-0.39, 0.29) is 12.1 Å². The van der Waals surface area contributed by atoms with Crippen molar-refractivity contribution in [1.29, 1.82) is 0 Å². The van der Waals surface area contributed by atoms with Gasteiger partial charge in [0.15, 0.2) is 5.11 Å². The minimum absolute atomic E-state index is 0.0812. The molecule has 2 aromatic rings. The number of halogens is 1. The highest BCUT2D eigenvalue weighted by Crippen LogP contribution is 2.42. The van der Waals surface area contributed by atoms with E-state index in [1.165, 1.54) is 20.5 Å². The summed E-state index contributed by atoms with van der Waals surface area (Å²) in [7, 11) is 0. The standard InChI is InChI=1S/C17H21IN4S/c1-4-9-22-16(13-10(2)20-11(3)14(13)18)15(21-17(22)23)12-7-5-6-8-19-12/h5-8,15-16,20H,4,9H2,1-3H3,(H,21,23). The molecule has 23 heavy (non-hydrogen) atoms. The highest BCUT2D eigenvalue weighted by atomic mass is 127. The largest absolute Gasteiger partial charge is 0.362 e. The molecule has 4 nitrogen and oxygen atoms in total. The Morgan fingerprint density at radius 3 is 2.65 bits per heavy atom. The Balaban J connectivity index is 2.11. The smallest absolute Gasteiger partial charge is 0.170 e. The van der Waals surface area contributed by atoms with Crippen LogP contribution >= 0.6 is 34.8 Å². The second kappa shape index (κ2) is 6.76. The second-order valence-electron chi connectivity index (χ2n) is 5.92. The summed E-state index contributed by atoms with van der Waals surface area (Å²) in [4.78, 5) is 10.4. The van der Waals surface area contributed by atoms with Gasteiger partial charge in [-0.15, -0.1) is 0 Å². The van der Waals surface area contributed by atoms with Crippen molar-refractivity contribution in [3.8, 4) is 0 Å². The summed E-state index contributed by atoms with van der Waals surface area (Å²) in [6.45, 7) is 7.40. The number of rotatable bonds is 4. The van der Waals surface area contributed by atoms with Crippen molar-refractivity contribution in [2.24, 2.45) is 0 Å². The van der Waals surface area contributed by atoms with Crippen LogP contribution in [0.5, 0.6) is 0 Å². The van der Waals surface area contributed by atoms with Gasteiger partial charge < -0.3 is 15.2 Å². The summed E-state index contributed by atoms with van der Waals surface area (Å²) in [5, 5.41) is 4.32. The lowest BCUT2D eigenvalue weighted by Gasteiger charge is -2.28. The SMILES string of the molecule is CCCN1C(=S)NC(c2ccccn2)C1c1c(C)[nH]c(C)c1I. The van der Waals surface area contributed by atoms with E-state index < -0.39 is 0 Å². The molecule has 2 aromatic heterocycles. The van der Waals surface area contributed by atoms with Gasteiger partial charge >= 0.3 is 0 Å². The Morgan fingerprint density at radius 2 is 2.09 bits per heavy atom. The zero-order chi connectivity index (χ0) is 16.6. The molecule has 6 heteroatoms. The van der Waals surface area contributed by atoms with Gasteiger partial charge in [-0.05, 0) is 67.2 Å². The van der Waals surface area contributed by atoms with Gasteiger partial charge in [-0.3, -0.25) is 4.98 Å². The van der Waals surface area contributed by atoms with E-state index in [9.17, 15) is 0 Å². The van der Waals surface area contributed by atoms with Crippen LogP contribution in [-0.4, -0.2) is 26.5 Å². The molecule has 3 rings (SSSR count). The van der Waals surface area contributed by atoms with Crippen molar-refractivity contribution >= 4 is 39.9 Å². The average molecular weight is 440 g/mol. The summed E-state index contributed by atoms with van der Waals surface area (Å²) in [5.74, 6) is 0. The molecular formula is C17H21IN4S. The lowest BCUT2D eigenvalue weighted by molar-refractivity contribution is 0.316. The van der Waals surface area contributed by atoms with Gasteiger partial charge in [-0.25, -0.2) is 0 Å². The third-order valence-electron chi connectivity index (χ3n) is 4.30. The third-order valence-corrected chi connectivity index (χ3v) is 6.05. The first-order valence-corrected chi connectivity index (χ1v) is 9.36. The Hall–Kier alpha value is -1.15. The number of nitrogens with zero attached hydrogens (tertiary/aromatic N) is 2. The molecule has 1 aliphatic heterocycles. The lowest BCUT2D eigenvalue weighted by atomic mass is 9.96. The molecule has 122 valence electrons. The van der Waals surface area contributed by atoms with Crippen LogP contribution in [0.1, 0.15) is 48.1 Å². The first-order chi connectivity index (χ1) is 11.0. The molecule has 1 aliphatic rings. The van der Waals surface area contributed by atoms with Gasteiger partial charge in [0.1, 0.15) is 0 Å². The fourth-order valence-electron chi connectivity index (χ4n) is 3.32. The van der Waals surface area contributed by atoms with Crippen LogP contribution in [0.15, 0.2) is 24.4 Å². The van der Waals surface area contributed by atoms with Crippen molar-refractivity contribution in [2.45, 2.75) is 39.3 Å². The number of nitrogens with one attached hydrogen (secondary N) is 2. The number of aromatic nitrogens is 2. The van der Waals surface area contributed by atoms with E-state index in [2.05, 4.69) is 69.6 Å². The van der Waals surface area contributed by atoms with Gasteiger partial charge in [0.2, 0.25) is 0 Å². The summed E-state index contributed by atoms with van der Waals surface area (Å²) in [5.41, 5.74) is 4.80. The average Bonchev–Trinajstić information content (AvgIpc) is 2.98. The first-order valence-electron chi connectivity index (χ1n) is 7.87. The van der Waals surface area contributed by atoms with Crippen LogP contribution in [0.4, 0.5) is 0 Å². The van der Waals surface area contributed by atoms with Crippen LogP contribution < -0.4 is 5.32 Å². The molecule has 1 saturated heterocycles. The molecule has 1 fully saturated rings. The number of aromatic amines is 1. The molecule has 3 heterocycles. The van der Waals surface area contributed by atoms with Gasteiger partial charge in [0.05, 0.1) is 17.8 Å². The van der Waals surface area contributed by atoms with Crippen LogP contribution in [-0.2, 0) is 0 Å². The molecule has 2 unspecified atom stereocenters. The fourth-order valence-corrected chi connectivity index (χ4v) is 4.51. The number of H-pyrrole nitrogens is 1.